The predicted molar refractivity (Wildman–Crippen MR) is 73.4 cm³/mol. The number of ether oxygens (including phenoxy) is 1. The molecular weight excluding hydrogens is 350 g/mol. The second kappa shape index (κ2) is 5.20. The molecular formula is C11H11Br2N3O. The Morgan fingerprint density at radius 2 is 2.12 bits per heavy atom. The number of halogens is 2. The number of rotatable bonds is 3. The summed E-state index contributed by atoms with van der Waals surface area (Å²) in [5.74, 6) is 0.757. The van der Waals surface area contributed by atoms with Gasteiger partial charge in [-0.05, 0) is 44.0 Å². The van der Waals surface area contributed by atoms with Crippen molar-refractivity contribution >= 4 is 31.9 Å². The van der Waals surface area contributed by atoms with Gasteiger partial charge in [0, 0.05) is 23.3 Å². The highest BCUT2D eigenvalue weighted by atomic mass is 79.9. The first-order valence-electron chi connectivity index (χ1n) is 4.93. The van der Waals surface area contributed by atoms with Gasteiger partial charge in [0.2, 0.25) is 0 Å². The molecule has 0 fully saturated rings. The quantitative estimate of drug-likeness (QED) is 0.915. The lowest BCUT2D eigenvalue weighted by atomic mass is 10.3. The first-order chi connectivity index (χ1) is 8.15. The molecule has 0 bridgehead atoms. The van der Waals surface area contributed by atoms with E-state index >= 15 is 0 Å². The zero-order chi connectivity index (χ0) is 12.4. The van der Waals surface area contributed by atoms with Crippen LogP contribution in [-0.2, 0) is 6.54 Å². The van der Waals surface area contributed by atoms with Crippen molar-refractivity contribution in [3.63, 3.8) is 0 Å². The van der Waals surface area contributed by atoms with Gasteiger partial charge in [-0.2, -0.15) is 5.10 Å². The molecule has 0 aliphatic carbocycles. The van der Waals surface area contributed by atoms with Crippen molar-refractivity contribution in [2.75, 3.05) is 7.11 Å². The Hall–Kier alpha value is -0.850. The summed E-state index contributed by atoms with van der Waals surface area (Å²) in [6.45, 7) is 0.429. The minimum Gasteiger partial charge on any atom is -0.495 e. The molecule has 0 atom stereocenters. The molecule has 1 aromatic heterocycles. The summed E-state index contributed by atoms with van der Waals surface area (Å²) in [5.41, 5.74) is 7.29. The third kappa shape index (κ3) is 2.53. The van der Waals surface area contributed by atoms with Crippen LogP contribution in [-0.4, -0.2) is 16.9 Å². The maximum absolute atomic E-state index is 5.54. The largest absolute Gasteiger partial charge is 0.495 e. The normalized spacial score (nSPS) is 10.6. The molecule has 2 N–H and O–H groups in total. The van der Waals surface area contributed by atoms with Crippen LogP contribution < -0.4 is 10.5 Å². The van der Waals surface area contributed by atoms with E-state index in [4.69, 9.17) is 10.5 Å². The van der Waals surface area contributed by atoms with Crippen LogP contribution in [0.5, 0.6) is 5.75 Å². The Labute approximate surface area is 116 Å². The van der Waals surface area contributed by atoms with E-state index in [1.165, 1.54) is 0 Å². The van der Waals surface area contributed by atoms with Gasteiger partial charge in [0.25, 0.3) is 0 Å². The molecule has 2 aromatic rings. The molecule has 0 spiro atoms. The van der Waals surface area contributed by atoms with Crippen molar-refractivity contribution in [2.45, 2.75) is 6.54 Å². The Morgan fingerprint density at radius 1 is 1.35 bits per heavy atom. The van der Waals surface area contributed by atoms with Gasteiger partial charge in [0.15, 0.2) is 0 Å². The van der Waals surface area contributed by atoms with Gasteiger partial charge in [-0.25, -0.2) is 4.68 Å². The van der Waals surface area contributed by atoms with Gasteiger partial charge in [0.1, 0.15) is 5.75 Å². The fourth-order valence-corrected chi connectivity index (χ4v) is 2.79. The van der Waals surface area contributed by atoms with Gasteiger partial charge in [-0.3, -0.25) is 0 Å². The average Bonchev–Trinajstić information content (AvgIpc) is 2.78. The number of methoxy groups -OCH3 is 1. The molecule has 0 unspecified atom stereocenters. The van der Waals surface area contributed by atoms with E-state index < -0.39 is 0 Å². The highest BCUT2D eigenvalue weighted by Gasteiger charge is 2.09. The Kier molecular flexibility index (Phi) is 3.86. The smallest absolute Gasteiger partial charge is 0.135 e. The minimum absolute atomic E-state index is 0.429. The average molecular weight is 361 g/mol. The van der Waals surface area contributed by atoms with Crippen molar-refractivity contribution in [3.8, 4) is 11.4 Å². The first kappa shape index (κ1) is 12.6. The Morgan fingerprint density at radius 3 is 2.71 bits per heavy atom. The summed E-state index contributed by atoms with van der Waals surface area (Å²) < 4.78 is 8.85. The van der Waals surface area contributed by atoms with E-state index in [0.29, 0.717) is 6.54 Å². The number of benzene rings is 1. The highest BCUT2D eigenvalue weighted by Crippen LogP contribution is 2.33. The van der Waals surface area contributed by atoms with E-state index in [9.17, 15) is 0 Å². The molecule has 90 valence electrons. The molecule has 0 aliphatic heterocycles. The molecule has 1 heterocycles. The SMILES string of the molecule is COc1cc(-n2ccc(CN)n2)c(Br)cc1Br. The minimum atomic E-state index is 0.429. The summed E-state index contributed by atoms with van der Waals surface area (Å²) in [6, 6.07) is 5.72. The molecule has 0 amide bonds. The molecule has 17 heavy (non-hydrogen) atoms. The van der Waals surface area contributed by atoms with Crippen molar-refractivity contribution in [2.24, 2.45) is 5.73 Å². The van der Waals surface area contributed by atoms with Crippen molar-refractivity contribution < 1.29 is 4.74 Å². The number of nitrogens with zero attached hydrogens (tertiary/aromatic N) is 2. The Balaban J connectivity index is 2.50. The second-order valence-corrected chi connectivity index (χ2v) is 5.10. The van der Waals surface area contributed by atoms with E-state index in [2.05, 4.69) is 37.0 Å². The van der Waals surface area contributed by atoms with Crippen LogP contribution in [0.15, 0.2) is 33.3 Å². The molecule has 2 rings (SSSR count). The second-order valence-electron chi connectivity index (χ2n) is 3.39. The van der Waals surface area contributed by atoms with E-state index in [1.54, 1.807) is 11.8 Å². The van der Waals surface area contributed by atoms with Crippen LogP contribution in [0.2, 0.25) is 0 Å². The monoisotopic (exact) mass is 359 g/mol. The number of aromatic nitrogens is 2. The molecule has 0 saturated carbocycles. The van der Waals surface area contributed by atoms with Crippen LogP contribution in [0.25, 0.3) is 5.69 Å². The third-order valence-corrected chi connectivity index (χ3v) is 3.58. The fraction of sp³-hybridized carbons (Fsp3) is 0.182. The van der Waals surface area contributed by atoms with Gasteiger partial charge in [-0.1, -0.05) is 0 Å². The molecule has 1 aromatic carbocycles. The summed E-state index contributed by atoms with van der Waals surface area (Å²) >= 11 is 6.93. The van der Waals surface area contributed by atoms with Crippen LogP contribution in [0.3, 0.4) is 0 Å². The van der Waals surface area contributed by atoms with E-state index in [0.717, 1.165) is 26.1 Å². The number of hydrogen-bond donors (Lipinski definition) is 1. The third-order valence-electron chi connectivity index (χ3n) is 2.32. The van der Waals surface area contributed by atoms with Crippen molar-refractivity contribution in [3.05, 3.63) is 39.0 Å². The molecule has 6 heteroatoms. The number of nitrogens with two attached hydrogens (primary N) is 1. The zero-order valence-electron chi connectivity index (χ0n) is 9.15. The summed E-state index contributed by atoms with van der Waals surface area (Å²) in [6.07, 6.45) is 1.87. The molecule has 0 saturated heterocycles. The number of hydrogen-bond acceptors (Lipinski definition) is 3. The highest BCUT2D eigenvalue weighted by molar-refractivity contribution is 9.11. The first-order valence-corrected chi connectivity index (χ1v) is 6.52. The summed E-state index contributed by atoms with van der Waals surface area (Å²) in [7, 11) is 1.63. The van der Waals surface area contributed by atoms with Crippen LogP contribution >= 0.6 is 31.9 Å². The molecule has 0 aliphatic rings. The lowest BCUT2D eigenvalue weighted by Gasteiger charge is -2.09. The summed E-state index contributed by atoms with van der Waals surface area (Å²) in [4.78, 5) is 0. The van der Waals surface area contributed by atoms with Gasteiger partial charge >= 0.3 is 0 Å². The van der Waals surface area contributed by atoms with Gasteiger partial charge in [0.05, 0.1) is 23.0 Å². The molecule has 4 nitrogen and oxygen atoms in total. The standard InChI is InChI=1S/C11H11Br2N3O/c1-17-11-5-10(8(12)4-9(11)13)16-3-2-7(6-14)15-16/h2-5H,6,14H2,1H3. The van der Waals surface area contributed by atoms with Crippen LogP contribution in [0, 0.1) is 0 Å². The maximum atomic E-state index is 5.54. The lowest BCUT2D eigenvalue weighted by Crippen LogP contribution is -2.01. The van der Waals surface area contributed by atoms with Crippen LogP contribution in [0.1, 0.15) is 5.69 Å². The predicted octanol–water partition coefficient (Wildman–Crippen LogP) is 2.86. The van der Waals surface area contributed by atoms with Crippen molar-refractivity contribution in [1.29, 1.82) is 0 Å². The topological polar surface area (TPSA) is 53.1 Å². The maximum Gasteiger partial charge on any atom is 0.135 e. The zero-order valence-corrected chi connectivity index (χ0v) is 12.3. The van der Waals surface area contributed by atoms with Crippen LogP contribution in [0.4, 0.5) is 0 Å². The molecule has 0 radical (unpaired) electrons. The van der Waals surface area contributed by atoms with E-state index in [1.807, 2.05) is 24.4 Å². The van der Waals surface area contributed by atoms with E-state index in [-0.39, 0.29) is 0 Å². The Bertz CT molecular complexity index is 540. The van der Waals surface area contributed by atoms with Crippen molar-refractivity contribution in [1.82, 2.24) is 9.78 Å². The lowest BCUT2D eigenvalue weighted by molar-refractivity contribution is 0.411. The van der Waals surface area contributed by atoms with Gasteiger partial charge < -0.3 is 10.5 Å². The fourth-order valence-electron chi connectivity index (χ4n) is 1.46. The van der Waals surface area contributed by atoms with Gasteiger partial charge in [-0.15, -0.1) is 0 Å². The summed E-state index contributed by atoms with van der Waals surface area (Å²) in [5, 5.41) is 4.36.